The smallest absolute Gasteiger partial charge is 0.152 e. The van der Waals surface area contributed by atoms with Gasteiger partial charge in [-0.25, -0.2) is 0 Å². The summed E-state index contributed by atoms with van der Waals surface area (Å²) in [7, 11) is 0. The van der Waals surface area contributed by atoms with Gasteiger partial charge >= 0.3 is 0 Å². The normalized spacial score (nSPS) is 10.2. The van der Waals surface area contributed by atoms with Crippen LogP contribution in [0.3, 0.4) is 0 Å². The van der Waals surface area contributed by atoms with Crippen LogP contribution in [0.2, 0.25) is 0 Å². The lowest BCUT2D eigenvalue weighted by Crippen LogP contribution is -2.23. The van der Waals surface area contributed by atoms with Crippen LogP contribution in [0, 0.1) is 6.92 Å². The summed E-state index contributed by atoms with van der Waals surface area (Å²) in [4.78, 5) is 17.7. The van der Waals surface area contributed by atoms with Crippen molar-refractivity contribution in [3.8, 4) is 0 Å². The molecule has 0 aliphatic heterocycles. The Balaban J connectivity index is 2.29. The van der Waals surface area contributed by atoms with Crippen LogP contribution in [0.4, 0.5) is 5.69 Å². The number of carbonyl (C=O) groups is 1. The first-order chi connectivity index (χ1) is 9.24. The van der Waals surface area contributed by atoms with E-state index < -0.39 is 0 Å². The van der Waals surface area contributed by atoms with E-state index >= 15 is 0 Å². The number of anilines is 1. The third kappa shape index (κ3) is 3.19. The summed E-state index contributed by atoms with van der Waals surface area (Å²) < 4.78 is 0. The molecule has 2 rings (SSSR count). The van der Waals surface area contributed by atoms with Crippen molar-refractivity contribution in [2.45, 2.75) is 20.4 Å². The molecule has 1 aromatic carbocycles. The minimum absolute atomic E-state index is 0.710. The van der Waals surface area contributed by atoms with Gasteiger partial charge in [-0.2, -0.15) is 0 Å². The van der Waals surface area contributed by atoms with E-state index in [1.807, 2.05) is 43.3 Å². The number of pyridine rings is 1. The lowest BCUT2D eigenvalue weighted by molar-refractivity contribution is 0.112. The molecule has 0 saturated carbocycles. The number of hydrogen-bond donors (Lipinski definition) is 0. The molecule has 1 aromatic heterocycles. The lowest BCUT2D eigenvalue weighted by Gasteiger charge is -2.24. The number of rotatable bonds is 5. The first kappa shape index (κ1) is 13.3. The van der Waals surface area contributed by atoms with Crippen LogP contribution in [-0.2, 0) is 6.54 Å². The molecule has 0 unspecified atom stereocenters. The van der Waals surface area contributed by atoms with Crippen LogP contribution in [-0.4, -0.2) is 17.8 Å². The molecule has 0 aliphatic rings. The van der Waals surface area contributed by atoms with Crippen LogP contribution in [0.15, 0.2) is 42.6 Å². The summed E-state index contributed by atoms with van der Waals surface area (Å²) in [6, 6.07) is 11.8. The first-order valence-electron chi connectivity index (χ1n) is 6.45. The van der Waals surface area contributed by atoms with Gasteiger partial charge < -0.3 is 4.90 Å². The Labute approximate surface area is 113 Å². The van der Waals surface area contributed by atoms with Crippen molar-refractivity contribution in [2.24, 2.45) is 0 Å². The van der Waals surface area contributed by atoms with E-state index in [1.54, 1.807) is 6.20 Å². The molecule has 19 heavy (non-hydrogen) atoms. The van der Waals surface area contributed by atoms with Gasteiger partial charge in [0.2, 0.25) is 0 Å². The number of nitrogens with zero attached hydrogens (tertiary/aromatic N) is 2. The van der Waals surface area contributed by atoms with E-state index in [-0.39, 0.29) is 0 Å². The molecule has 0 N–H and O–H groups in total. The van der Waals surface area contributed by atoms with Crippen molar-refractivity contribution < 1.29 is 4.79 Å². The van der Waals surface area contributed by atoms with Gasteiger partial charge in [-0.3, -0.25) is 9.78 Å². The number of hydrogen-bond acceptors (Lipinski definition) is 3. The maximum absolute atomic E-state index is 11.2. The predicted molar refractivity (Wildman–Crippen MR) is 77.5 cm³/mol. The second-order valence-electron chi connectivity index (χ2n) is 4.52. The van der Waals surface area contributed by atoms with Gasteiger partial charge in [-0.05, 0) is 38.1 Å². The summed E-state index contributed by atoms with van der Waals surface area (Å²) in [5, 5.41) is 0. The number of benzene rings is 1. The average molecular weight is 254 g/mol. The minimum Gasteiger partial charge on any atom is -0.365 e. The van der Waals surface area contributed by atoms with Gasteiger partial charge in [0, 0.05) is 24.0 Å². The van der Waals surface area contributed by atoms with E-state index in [4.69, 9.17) is 0 Å². The van der Waals surface area contributed by atoms with Crippen molar-refractivity contribution >= 4 is 12.0 Å². The van der Waals surface area contributed by atoms with E-state index in [9.17, 15) is 4.79 Å². The number of carbonyl (C=O) groups excluding carboxylic acids is 1. The molecule has 2 aromatic rings. The fourth-order valence-electron chi connectivity index (χ4n) is 2.11. The SMILES string of the molecule is CCN(Cc1ccccn1)c1ccc(C)cc1C=O. The first-order valence-corrected chi connectivity index (χ1v) is 6.45. The third-order valence-electron chi connectivity index (χ3n) is 3.11. The number of aldehydes is 1. The highest BCUT2D eigenvalue weighted by Crippen LogP contribution is 2.22. The van der Waals surface area contributed by atoms with Crippen molar-refractivity contribution in [2.75, 3.05) is 11.4 Å². The van der Waals surface area contributed by atoms with Gasteiger partial charge in [0.1, 0.15) is 0 Å². The molecule has 98 valence electrons. The summed E-state index contributed by atoms with van der Waals surface area (Å²) in [6.07, 6.45) is 2.71. The molecule has 3 nitrogen and oxygen atoms in total. The Bertz CT molecular complexity index is 552. The van der Waals surface area contributed by atoms with E-state index in [1.165, 1.54) is 0 Å². The summed E-state index contributed by atoms with van der Waals surface area (Å²) in [6.45, 7) is 5.62. The summed E-state index contributed by atoms with van der Waals surface area (Å²) in [5.74, 6) is 0. The highest BCUT2D eigenvalue weighted by molar-refractivity contribution is 5.85. The van der Waals surface area contributed by atoms with Crippen LogP contribution >= 0.6 is 0 Å². The molecule has 0 aliphatic carbocycles. The molecule has 1 heterocycles. The predicted octanol–water partition coefficient (Wildman–Crippen LogP) is 3.23. The Morgan fingerprint density at radius 2 is 2.11 bits per heavy atom. The molecule has 0 atom stereocenters. The largest absolute Gasteiger partial charge is 0.365 e. The number of aromatic nitrogens is 1. The minimum atomic E-state index is 0.710. The summed E-state index contributed by atoms with van der Waals surface area (Å²) >= 11 is 0. The molecular formula is C16H18N2O. The van der Waals surface area contributed by atoms with E-state index in [2.05, 4.69) is 16.8 Å². The van der Waals surface area contributed by atoms with Crippen LogP contribution in [0.1, 0.15) is 28.5 Å². The second-order valence-corrected chi connectivity index (χ2v) is 4.52. The zero-order valence-corrected chi connectivity index (χ0v) is 11.3. The Kier molecular flexibility index (Phi) is 4.29. The van der Waals surface area contributed by atoms with E-state index in [0.717, 1.165) is 35.3 Å². The van der Waals surface area contributed by atoms with Crippen molar-refractivity contribution in [3.63, 3.8) is 0 Å². The average Bonchev–Trinajstić information content (AvgIpc) is 2.46. The highest BCUT2D eigenvalue weighted by Gasteiger charge is 2.10. The van der Waals surface area contributed by atoms with Gasteiger partial charge in [0.05, 0.1) is 12.2 Å². The highest BCUT2D eigenvalue weighted by atomic mass is 16.1. The third-order valence-corrected chi connectivity index (χ3v) is 3.11. The molecule has 0 saturated heterocycles. The number of aryl methyl sites for hydroxylation is 1. The lowest BCUT2D eigenvalue weighted by atomic mass is 10.1. The van der Waals surface area contributed by atoms with Gasteiger partial charge in [0.15, 0.2) is 6.29 Å². The fourth-order valence-corrected chi connectivity index (χ4v) is 2.11. The van der Waals surface area contributed by atoms with Crippen LogP contribution in [0.5, 0.6) is 0 Å². The maximum atomic E-state index is 11.2. The summed E-state index contributed by atoms with van der Waals surface area (Å²) in [5.41, 5.74) is 3.80. The maximum Gasteiger partial charge on any atom is 0.152 e. The molecule has 0 fully saturated rings. The molecular weight excluding hydrogens is 236 g/mol. The molecule has 0 bridgehead atoms. The molecule has 0 spiro atoms. The van der Waals surface area contributed by atoms with E-state index in [0.29, 0.717) is 6.54 Å². The standard InChI is InChI=1S/C16H18N2O/c1-3-18(11-15-6-4-5-9-17-15)16-8-7-13(2)10-14(16)12-19/h4-10,12H,3,11H2,1-2H3. The quantitative estimate of drug-likeness (QED) is 0.768. The van der Waals surface area contributed by atoms with Gasteiger partial charge in [0.25, 0.3) is 0 Å². The Morgan fingerprint density at radius 1 is 1.26 bits per heavy atom. The topological polar surface area (TPSA) is 33.2 Å². The Morgan fingerprint density at radius 3 is 2.74 bits per heavy atom. The zero-order valence-electron chi connectivity index (χ0n) is 11.3. The fraction of sp³-hybridized carbons (Fsp3) is 0.250. The van der Waals surface area contributed by atoms with Crippen molar-refractivity contribution in [1.82, 2.24) is 4.98 Å². The zero-order chi connectivity index (χ0) is 13.7. The van der Waals surface area contributed by atoms with Crippen molar-refractivity contribution in [3.05, 3.63) is 59.4 Å². The van der Waals surface area contributed by atoms with Crippen LogP contribution in [0.25, 0.3) is 0 Å². The van der Waals surface area contributed by atoms with Gasteiger partial charge in [-0.1, -0.05) is 17.7 Å². The van der Waals surface area contributed by atoms with Crippen molar-refractivity contribution in [1.29, 1.82) is 0 Å². The molecule has 0 amide bonds. The molecule has 3 heteroatoms. The van der Waals surface area contributed by atoms with Gasteiger partial charge in [-0.15, -0.1) is 0 Å². The second kappa shape index (κ2) is 6.14. The Hall–Kier alpha value is -2.16. The molecule has 0 radical (unpaired) electrons. The van der Waals surface area contributed by atoms with Crippen LogP contribution < -0.4 is 4.90 Å². The monoisotopic (exact) mass is 254 g/mol.